The van der Waals surface area contributed by atoms with Gasteiger partial charge in [0.1, 0.15) is 18.1 Å². The number of fused-ring (bicyclic) bond motifs is 6. The molecule has 4 amide bonds. The van der Waals surface area contributed by atoms with E-state index in [0.717, 1.165) is 50.1 Å². The van der Waals surface area contributed by atoms with Crippen molar-refractivity contribution in [3.63, 3.8) is 0 Å². The van der Waals surface area contributed by atoms with E-state index in [0.29, 0.717) is 45.3 Å². The molecule has 0 spiro atoms. The van der Waals surface area contributed by atoms with E-state index < -0.39 is 47.2 Å². The van der Waals surface area contributed by atoms with Gasteiger partial charge >= 0.3 is 5.97 Å². The van der Waals surface area contributed by atoms with Gasteiger partial charge in [-0.05, 0) is 91.1 Å². The fourth-order valence-corrected chi connectivity index (χ4v) is 9.81. The number of hydrazine groups is 1. The molecule has 2 aromatic carbocycles. The molecule has 348 valence electrons. The van der Waals surface area contributed by atoms with Crippen LogP contribution in [0.2, 0.25) is 0 Å². The molecular weight excluding hydrogens is 835 g/mol. The monoisotopic (exact) mass is 897 g/mol. The van der Waals surface area contributed by atoms with Crippen LogP contribution in [-0.4, -0.2) is 112 Å². The number of esters is 1. The highest BCUT2D eigenvalue weighted by Crippen LogP contribution is 2.42. The molecule has 2 N–H and O–H groups in total. The van der Waals surface area contributed by atoms with Crippen molar-refractivity contribution in [3.05, 3.63) is 90.3 Å². The highest BCUT2D eigenvalue weighted by molar-refractivity contribution is 5.96. The Hall–Kier alpha value is -6.30. The number of aromatic nitrogens is 2. The predicted molar refractivity (Wildman–Crippen MR) is 253 cm³/mol. The summed E-state index contributed by atoms with van der Waals surface area (Å²) in [6.45, 7) is 14.8. The molecule has 0 aliphatic carbocycles. The van der Waals surface area contributed by atoms with E-state index in [9.17, 15) is 24.0 Å². The maximum atomic E-state index is 14.7. The van der Waals surface area contributed by atoms with Crippen LogP contribution in [0.3, 0.4) is 0 Å². The van der Waals surface area contributed by atoms with E-state index in [1.165, 1.54) is 16.0 Å². The van der Waals surface area contributed by atoms with Gasteiger partial charge in [0, 0.05) is 68.3 Å². The highest BCUT2D eigenvalue weighted by atomic mass is 16.5. The van der Waals surface area contributed by atoms with Gasteiger partial charge in [0.05, 0.1) is 36.6 Å². The van der Waals surface area contributed by atoms with Gasteiger partial charge in [0.15, 0.2) is 0 Å². The molecule has 2 fully saturated rings. The number of likely N-dealkylation sites (tertiary alicyclic amines) is 1. The van der Waals surface area contributed by atoms with E-state index in [4.69, 9.17) is 20.9 Å². The van der Waals surface area contributed by atoms with E-state index in [2.05, 4.69) is 59.9 Å². The summed E-state index contributed by atoms with van der Waals surface area (Å²) in [4.78, 5) is 77.2. The van der Waals surface area contributed by atoms with Gasteiger partial charge in [-0.3, -0.25) is 34.0 Å². The van der Waals surface area contributed by atoms with E-state index in [-0.39, 0.29) is 43.4 Å². The largest absolute Gasteiger partial charge is 0.464 e. The zero-order valence-electron chi connectivity index (χ0n) is 39.3. The molecule has 14 heteroatoms. The lowest BCUT2D eigenvalue weighted by molar-refractivity contribution is -0.155. The molecule has 5 heterocycles. The number of nitrogens with one attached hydrogen (secondary N) is 2. The van der Waals surface area contributed by atoms with Gasteiger partial charge in [-0.15, -0.1) is 6.42 Å². The first-order chi connectivity index (χ1) is 31.5. The van der Waals surface area contributed by atoms with Crippen molar-refractivity contribution in [2.24, 2.45) is 17.3 Å². The molecule has 2 aromatic heterocycles. The standard InChI is InChI=1S/C52H63N7O7/c1-10-23-58-43-20-19-36-28-39(43)40(47(58)38-17-13-22-53-45(38)33(5)65-9)29-52(6,7)31-66-51(64)41-18-14-24-59(55-41)50(63)42(27-34-15-12-16-35(36)26-34)54-48(61)46(32(3)4)56(8)49(62)37-21-25-57(30-37)44(60)11-2/h1,11-13,15-17,19-20,22,26,28,32-33,37,41-42,46,55H,2,14,18,21,23-25,27,29-31H2,3-9H3,(H,54,61)/t33-,37-,41-,42-,46-/m0/s1. The number of benzene rings is 2. The zero-order chi connectivity index (χ0) is 47.4. The first-order valence-corrected chi connectivity index (χ1v) is 22.9. The lowest BCUT2D eigenvalue weighted by Gasteiger charge is -2.37. The predicted octanol–water partition coefficient (Wildman–Crippen LogP) is 5.88. The molecule has 14 nitrogen and oxygen atoms in total. The third-order valence-corrected chi connectivity index (χ3v) is 13.3. The molecule has 3 aliphatic rings. The smallest absolute Gasteiger partial charge is 0.324 e. The van der Waals surface area contributed by atoms with Crippen molar-refractivity contribution >= 4 is 40.5 Å². The van der Waals surface area contributed by atoms with Crippen LogP contribution < -0.4 is 10.7 Å². The van der Waals surface area contributed by atoms with Crippen molar-refractivity contribution in [1.29, 1.82) is 0 Å². The number of pyridine rings is 1. The number of hydrogen-bond donors (Lipinski definition) is 2. The summed E-state index contributed by atoms with van der Waals surface area (Å²) >= 11 is 0. The Labute approximate surface area is 388 Å². The summed E-state index contributed by atoms with van der Waals surface area (Å²) in [6, 6.07) is 15.4. The Morgan fingerprint density at radius 2 is 1.86 bits per heavy atom. The highest BCUT2D eigenvalue weighted by Gasteiger charge is 2.40. The number of methoxy groups -OCH3 is 1. The maximum absolute atomic E-state index is 14.7. The average Bonchev–Trinajstić information content (AvgIpc) is 3.92. The molecule has 6 bridgehead atoms. The van der Waals surface area contributed by atoms with Gasteiger partial charge in [0.25, 0.3) is 5.91 Å². The fourth-order valence-electron chi connectivity index (χ4n) is 9.81. The fraction of sp³-hybridized carbons (Fsp3) is 0.462. The van der Waals surface area contributed by atoms with Crippen LogP contribution in [0.5, 0.6) is 0 Å². The lowest BCUT2D eigenvalue weighted by Crippen LogP contribution is -2.62. The van der Waals surface area contributed by atoms with Crippen LogP contribution in [0.4, 0.5) is 0 Å². The Morgan fingerprint density at radius 1 is 1.09 bits per heavy atom. The second-order valence-electron chi connectivity index (χ2n) is 19.0. The first-order valence-electron chi connectivity index (χ1n) is 22.9. The summed E-state index contributed by atoms with van der Waals surface area (Å²) in [6.07, 6.45) is 10.9. The minimum Gasteiger partial charge on any atom is -0.464 e. The maximum Gasteiger partial charge on any atom is 0.324 e. The van der Waals surface area contributed by atoms with Crippen molar-refractivity contribution in [2.75, 3.05) is 40.4 Å². The van der Waals surface area contributed by atoms with Crippen LogP contribution in [0.15, 0.2) is 73.4 Å². The Morgan fingerprint density at radius 3 is 2.59 bits per heavy atom. The summed E-state index contributed by atoms with van der Waals surface area (Å²) in [7, 11) is 3.26. The van der Waals surface area contributed by atoms with Crippen LogP contribution in [0.25, 0.3) is 33.3 Å². The topological polar surface area (TPSA) is 155 Å². The molecule has 4 aromatic rings. The minimum atomic E-state index is -1.07. The molecule has 7 rings (SSSR count). The molecule has 0 saturated carbocycles. The van der Waals surface area contributed by atoms with Crippen LogP contribution >= 0.6 is 0 Å². The van der Waals surface area contributed by atoms with Gasteiger partial charge in [-0.1, -0.05) is 70.5 Å². The Balaban J connectivity index is 1.30. The van der Waals surface area contributed by atoms with E-state index >= 15 is 0 Å². The number of nitrogens with zero attached hydrogens (tertiary/aromatic N) is 5. The number of carbonyl (C=O) groups is 5. The zero-order valence-corrected chi connectivity index (χ0v) is 39.3. The molecule has 3 aliphatic heterocycles. The Kier molecular flexibility index (Phi) is 14.5. The number of cyclic esters (lactones) is 1. The number of hydrogen-bond acceptors (Lipinski definition) is 9. The number of carbonyl (C=O) groups excluding carboxylic acids is 5. The third kappa shape index (κ3) is 9.93. The van der Waals surface area contributed by atoms with Crippen LogP contribution in [-0.2, 0) is 52.8 Å². The summed E-state index contributed by atoms with van der Waals surface area (Å²) in [5.41, 5.74) is 9.81. The van der Waals surface area contributed by atoms with Gasteiger partial charge in [-0.25, -0.2) is 5.43 Å². The van der Waals surface area contributed by atoms with Gasteiger partial charge in [0.2, 0.25) is 17.7 Å². The normalized spacial score (nSPS) is 20.8. The molecule has 0 radical (unpaired) electrons. The van der Waals surface area contributed by atoms with Crippen LogP contribution in [0.1, 0.15) is 76.8 Å². The first kappa shape index (κ1) is 47.7. The SMILES string of the molecule is C#CCn1c(-c2cccnc2[C@H](C)OC)c2c3cc(ccc31)-c1cccc(c1)C[C@H](NC(=O)[C@H](C(C)C)N(C)C(=O)[C@H]1CCN(C(=O)C=C)C1)C(=O)N1CCC[C@H](N1)C(=O)OCC(C)(C)C2. The van der Waals surface area contributed by atoms with E-state index in [1.54, 1.807) is 25.3 Å². The number of terminal acetylenes is 1. The molecular formula is C52H63N7O7. The van der Waals surface area contributed by atoms with Gasteiger partial charge in [-0.2, -0.15) is 0 Å². The molecule has 66 heavy (non-hydrogen) atoms. The third-order valence-electron chi connectivity index (χ3n) is 13.3. The second kappa shape index (κ2) is 20.1. The van der Waals surface area contributed by atoms with Gasteiger partial charge < -0.3 is 29.2 Å². The summed E-state index contributed by atoms with van der Waals surface area (Å²) in [5.74, 6) is 0.232. The van der Waals surface area contributed by atoms with Crippen molar-refractivity contribution in [1.82, 2.24) is 35.1 Å². The number of ether oxygens (including phenoxy) is 2. The number of rotatable bonds is 10. The quantitative estimate of drug-likeness (QED) is 0.113. The van der Waals surface area contributed by atoms with Crippen LogP contribution in [0, 0.1) is 29.6 Å². The number of amides is 4. The molecule has 2 saturated heterocycles. The Bertz CT molecular complexity index is 2560. The molecule has 5 atom stereocenters. The summed E-state index contributed by atoms with van der Waals surface area (Å²) < 4.78 is 14.1. The van der Waals surface area contributed by atoms with Crippen molar-refractivity contribution < 1.29 is 33.4 Å². The lowest BCUT2D eigenvalue weighted by atomic mass is 9.84. The minimum absolute atomic E-state index is 0.0975. The average molecular weight is 898 g/mol. The summed E-state index contributed by atoms with van der Waals surface area (Å²) in [5, 5.41) is 5.46. The van der Waals surface area contributed by atoms with Crippen molar-refractivity contribution in [3.8, 4) is 34.7 Å². The van der Waals surface area contributed by atoms with Crippen molar-refractivity contribution in [2.45, 2.75) is 97.5 Å². The van der Waals surface area contributed by atoms with E-state index in [1.807, 2.05) is 57.2 Å². The molecule has 0 unspecified atom stereocenters. The number of likely N-dealkylation sites (N-methyl/N-ethyl adjacent to an activating group) is 1. The second-order valence-corrected chi connectivity index (χ2v) is 19.0.